The van der Waals surface area contributed by atoms with Crippen molar-refractivity contribution in [2.75, 3.05) is 0 Å². The fourth-order valence-electron chi connectivity index (χ4n) is 1.97. The summed E-state index contributed by atoms with van der Waals surface area (Å²) in [7, 11) is 0. The SMILES string of the molecule is NNC(c1ccc(C(F)(F)F)cc1)c1ccc(F)cc1Cl. The Hall–Kier alpha value is -1.63. The molecule has 0 bridgehead atoms. The quantitative estimate of drug-likeness (QED) is 0.509. The van der Waals surface area contributed by atoms with Gasteiger partial charge in [-0.3, -0.25) is 5.84 Å². The predicted molar refractivity (Wildman–Crippen MR) is 72.0 cm³/mol. The molecule has 0 amide bonds. The number of hydrogen-bond donors (Lipinski definition) is 2. The number of hydrazine groups is 1. The third-order valence-electron chi connectivity index (χ3n) is 3.01. The Morgan fingerprint density at radius 1 is 1.05 bits per heavy atom. The fourth-order valence-corrected chi connectivity index (χ4v) is 2.24. The van der Waals surface area contributed by atoms with Crippen molar-refractivity contribution >= 4 is 11.6 Å². The summed E-state index contributed by atoms with van der Waals surface area (Å²) in [6, 6.07) is 7.62. The van der Waals surface area contributed by atoms with Gasteiger partial charge in [0, 0.05) is 5.02 Å². The van der Waals surface area contributed by atoms with Gasteiger partial charge in [-0.1, -0.05) is 29.8 Å². The van der Waals surface area contributed by atoms with E-state index in [0.717, 1.165) is 18.2 Å². The van der Waals surface area contributed by atoms with Crippen LogP contribution in [0.3, 0.4) is 0 Å². The lowest BCUT2D eigenvalue weighted by Crippen LogP contribution is -2.29. The van der Waals surface area contributed by atoms with Gasteiger partial charge in [-0.25, -0.2) is 9.82 Å². The van der Waals surface area contributed by atoms with Gasteiger partial charge >= 0.3 is 6.18 Å². The number of alkyl halides is 3. The van der Waals surface area contributed by atoms with Crippen molar-refractivity contribution in [2.24, 2.45) is 5.84 Å². The Balaban J connectivity index is 2.37. The number of halogens is 5. The molecule has 0 aliphatic carbocycles. The van der Waals surface area contributed by atoms with E-state index in [1.165, 1.54) is 24.3 Å². The minimum absolute atomic E-state index is 0.137. The Morgan fingerprint density at radius 2 is 1.67 bits per heavy atom. The molecule has 2 nitrogen and oxygen atoms in total. The van der Waals surface area contributed by atoms with E-state index in [2.05, 4.69) is 5.43 Å². The van der Waals surface area contributed by atoms with Gasteiger partial charge in [0.05, 0.1) is 11.6 Å². The van der Waals surface area contributed by atoms with Crippen LogP contribution in [0.2, 0.25) is 5.02 Å². The summed E-state index contributed by atoms with van der Waals surface area (Å²) in [6.45, 7) is 0. The van der Waals surface area contributed by atoms with Gasteiger partial charge in [0.15, 0.2) is 0 Å². The number of nitrogens with one attached hydrogen (secondary N) is 1. The molecular weight excluding hydrogens is 308 g/mol. The van der Waals surface area contributed by atoms with Crippen molar-refractivity contribution in [3.63, 3.8) is 0 Å². The summed E-state index contributed by atoms with van der Waals surface area (Å²) < 4.78 is 50.6. The van der Waals surface area contributed by atoms with Crippen molar-refractivity contribution in [3.8, 4) is 0 Å². The van der Waals surface area contributed by atoms with E-state index in [0.29, 0.717) is 11.1 Å². The van der Waals surface area contributed by atoms with E-state index < -0.39 is 23.6 Å². The Kier molecular flexibility index (Phi) is 4.51. The highest BCUT2D eigenvalue weighted by Gasteiger charge is 2.30. The van der Waals surface area contributed by atoms with E-state index in [-0.39, 0.29) is 5.02 Å². The largest absolute Gasteiger partial charge is 0.416 e. The zero-order valence-electron chi connectivity index (χ0n) is 10.6. The van der Waals surface area contributed by atoms with Crippen LogP contribution in [0.5, 0.6) is 0 Å². The van der Waals surface area contributed by atoms with E-state index >= 15 is 0 Å². The van der Waals surface area contributed by atoms with Crippen LogP contribution in [0, 0.1) is 5.82 Å². The lowest BCUT2D eigenvalue weighted by molar-refractivity contribution is -0.137. The lowest BCUT2D eigenvalue weighted by Gasteiger charge is -2.19. The van der Waals surface area contributed by atoms with Crippen LogP contribution in [-0.4, -0.2) is 0 Å². The first-order valence-corrected chi connectivity index (χ1v) is 6.29. The molecule has 0 radical (unpaired) electrons. The molecule has 0 spiro atoms. The van der Waals surface area contributed by atoms with Gasteiger partial charge < -0.3 is 0 Å². The second-order valence-corrected chi connectivity index (χ2v) is 4.79. The van der Waals surface area contributed by atoms with Crippen LogP contribution in [0.1, 0.15) is 22.7 Å². The van der Waals surface area contributed by atoms with E-state index in [9.17, 15) is 17.6 Å². The van der Waals surface area contributed by atoms with Gasteiger partial charge in [-0.2, -0.15) is 13.2 Å². The standard InChI is InChI=1S/C14H11ClF4N2/c15-12-7-10(16)5-6-11(12)13(21-20)8-1-3-9(4-2-8)14(17,18)19/h1-7,13,21H,20H2. The molecule has 3 N–H and O–H groups in total. The summed E-state index contributed by atoms with van der Waals surface area (Å²) in [4.78, 5) is 0. The van der Waals surface area contributed by atoms with Gasteiger partial charge in [-0.05, 0) is 35.4 Å². The maximum Gasteiger partial charge on any atom is 0.416 e. The first kappa shape index (κ1) is 15.8. The lowest BCUT2D eigenvalue weighted by atomic mass is 9.98. The second-order valence-electron chi connectivity index (χ2n) is 4.39. The molecule has 2 aromatic carbocycles. The van der Waals surface area contributed by atoms with Crippen LogP contribution in [0.25, 0.3) is 0 Å². The maximum absolute atomic E-state index is 13.0. The Morgan fingerprint density at radius 3 is 2.14 bits per heavy atom. The van der Waals surface area contributed by atoms with Gasteiger partial charge in [0.25, 0.3) is 0 Å². The Bertz CT molecular complexity index is 626. The average molecular weight is 319 g/mol. The van der Waals surface area contributed by atoms with Crippen LogP contribution >= 0.6 is 11.6 Å². The molecular formula is C14H11ClF4N2. The van der Waals surface area contributed by atoms with E-state index in [1.54, 1.807) is 0 Å². The summed E-state index contributed by atoms with van der Waals surface area (Å²) in [6.07, 6.45) is -4.41. The monoisotopic (exact) mass is 318 g/mol. The minimum atomic E-state index is -4.41. The summed E-state index contributed by atoms with van der Waals surface area (Å²) >= 11 is 5.94. The molecule has 112 valence electrons. The molecule has 7 heteroatoms. The molecule has 0 aromatic heterocycles. The van der Waals surface area contributed by atoms with Gasteiger partial charge in [0.2, 0.25) is 0 Å². The zero-order chi connectivity index (χ0) is 15.6. The molecule has 2 aromatic rings. The minimum Gasteiger partial charge on any atom is -0.271 e. The smallest absolute Gasteiger partial charge is 0.271 e. The highest BCUT2D eigenvalue weighted by molar-refractivity contribution is 6.31. The van der Waals surface area contributed by atoms with Crippen molar-refractivity contribution in [1.82, 2.24) is 5.43 Å². The normalized spacial score (nSPS) is 13.2. The molecule has 0 aliphatic rings. The van der Waals surface area contributed by atoms with E-state index in [4.69, 9.17) is 17.4 Å². The van der Waals surface area contributed by atoms with Crippen molar-refractivity contribution in [2.45, 2.75) is 12.2 Å². The summed E-state index contributed by atoms with van der Waals surface area (Å²) in [5.41, 5.74) is 2.67. The summed E-state index contributed by atoms with van der Waals surface area (Å²) in [5, 5.41) is 0.137. The van der Waals surface area contributed by atoms with Crippen LogP contribution in [0.4, 0.5) is 17.6 Å². The molecule has 0 fully saturated rings. The van der Waals surface area contributed by atoms with Crippen molar-refractivity contribution in [1.29, 1.82) is 0 Å². The zero-order valence-corrected chi connectivity index (χ0v) is 11.3. The molecule has 0 aliphatic heterocycles. The highest BCUT2D eigenvalue weighted by Crippen LogP contribution is 2.32. The van der Waals surface area contributed by atoms with Gasteiger partial charge in [-0.15, -0.1) is 0 Å². The second kappa shape index (κ2) is 6.01. The third kappa shape index (κ3) is 3.53. The van der Waals surface area contributed by atoms with Crippen LogP contribution in [0.15, 0.2) is 42.5 Å². The molecule has 0 heterocycles. The molecule has 2 rings (SSSR count). The Labute approximate surface area is 123 Å². The van der Waals surface area contributed by atoms with Crippen molar-refractivity contribution < 1.29 is 17.6 Å². The molecule has 0 saturated carbocycles. The molecule has 0 saturated heterocycles. The fraction of sp³-hybridized carbons (Fsp3) is 0.143. The topological polar surface area (TPSA) is 38.0 Å². The predicted octanol–water partition coefficient (Wildman–Crippen LogP) is 4.05. The number of rotatable bonds is 3. The van der Waals surface area contributed by atoms with Gasteiger partial charge in [0.1, 0.15) is 5.82 Å². The average Bonchev–Trinajstić information content (AvgIpc) is 2.41. The maximum atomic E-state index is 13.0. The molecule has 21 heavy (non-hydrogen) atoms. The highest BCUT2D eigenvalue weighted by atomic mass is 35.5. The first-order valence-electron chi connectivity index (χ1n) is 5.91. The number of hydrogen-bond acceptors (Lipinski definition) is 2. The van der Waals surface area contributed by atoms with Crippen LogP contribution < -0.4 is 11.3 Å². The first-order chi connectivity index (χ1) is 9.82. The molecule has 1 atom stereocenters. The number of benzene rings is 2. The molecule has 1 unspecified atom stereocenters. The third-order valence-corrected chi connectivity index (χ3v) is 3.34. The number of nitrogens with two attached hydrogens (primary N) is 1. The van der Waals surface area contributed by atoms with E-state index in [1.807, 2.05) is 0 Å². The van der Waals surface area contributed by atoms with Crippen molar-refractivity contribution in [3.05, 3.63) is 70.0 Å². The van der Waals surface area contributed by atoms with Crippen LogP contribution in [-0.2, 0) is 6.18 Å². The summed E-state index contributed by atoms with van der Waals surface area (Å²) in [5.74, 6) is 4.94.